The molecule has 4 amide bonds. The third-order valence-corrected chi connectivity index (χ3v) is 13.8. The fourth-order valence-corrected chi connectivity index (χ4v) is 10.2. The number of nitrogens with zero attached hydrogens (tertiary/aromatic N) is 7. The highest BCUT2D eigenvalue weighted by molar-refractivity contribution is 6.31. The van der Waals surface area contributed by atoms with Gasteiger partial charge >= 0.3 is 6.03 Å². The van der Waals surface area contributed by atoms with Gasteiger partial charge in [0.25, 0.3) is 5.91 Å². The second-order valence-electron chi connectivity index (χ2n) is 17.1. The van der Waals surface area contributed by atoms with Crippen molar-refractivity contribution < 1.29 is 19.1 Å². The first kappa shape index (κ1) is 40.9. The van der Waals surface area contributed by atoms with Gasteiger partial charge in [-0.25, -0.2) is 4.79 Å². The Balaban J connectivity index is 0.00000484. The van der Waals surface area contributed by atoms with E-state index in [1.807, 2.05) is 18.2 Å². The molecule has 2 aromatic carbocycles. The highest BCUT2D eigenvalue weighted by Crippen LogP contribution is 2.55. The average molecular weight is 841 g/mol. The number of ether oxygens (including phenoxy) is 1. The molecule has 13 nitrogen and oxygen atoms in total. The molecule has 2 aliphatic carbocycles. The minimum absolute atomic E-state index is 0. The molecule has 2 N–H and O–H groups in total. The van der Waals surface area contributed by atoms with Gasteiger partial charge in [0, 0.05) is 62.3 Å². The number of nitrogens with one attached hydrogen (secondary N) is 2. The van der Waals surface area contributed by atoms with Crippen molar-refractivity contribution in [2.75, 3.05) is 49.1 Å². The quantitative estimate of drug-likeness (QED) is 0.178. The zero-order valence-corrected chi connectivity index (χ0v) is 34.7. The number of nitriles is 1. The summed E-state index contributed by atoms with van der Waals surface area (Å²) in [5.74, 6) is 1.74. The number of aromatic nitrogens is 3. The first-order valence-corrected chi connectivity index (χ1v) is 21.3. The Morgan fingerprint density at radius 2 is 1.73 bits per heavy atom. The van der Waals surface area contributed by atoms with Crippen molar-refractivity contribution in [2.45, 2.75) is 88.8 Å². The Kier molecular flexibility index (Phi) is 12.0. The van der Waals surface area contributed by atoms with E-state index < -0.39 is 0 Å². The van der Waals surface area contributed by atoms with Crippen LogP contribution in [0.2, 0.25) is 5.02 Å². The van der Waals surface area contributed by atoms with E-state index in [2.05, 4.69) is 59.6 Å². The van der Waals surface area contributed by atoms with Crippen LogP contribution in [0.25, 0.3) is 10.9 Å². The highest BCUT2D eigenvalue weighted by Gasteiger charge is 2.47. The maximum Gasteiger partial charge on any atom is 0.328 e. The standard InChI is InChI=1S/C44H50ClN9O4.ClH/c45-36-24-34(7-4-30(36)27-46)58-33-8-5-31(6-9-33)47-42(56)37-10-11-40(50-49-37)52-18-12-29(13-19-52)28-51-22-16-44(17-23-51)25-32(26-44)53-20-14-35-38(53)2-1-3-39(35)54-21-15-41(55)48-43(54)57;/h1-4,7,10-11,14,20,24,29,31-33H,5-6,8-9,12-13,15-19,21-23,25-26,28H2,(H,47,56)(H,48,55,57);1H. The third kappa shape index (κ3) is 8.72. The molecule has 0 bridgehead atoms. The number of likely N-dealkylation sites (tertiary alicyclic amines) is 1. The summed E-state index contributed by atoms with van der Waals surface area (Å²) >= 11 is 6.16. The largest absolute Gasteiger partial charge is 0.490 e. The molecule has 0 atom stereocenters. The zero-order chi connectivity index (χ0) is 39.8. The lowest BCUT2D eigenvalue weighted by molar-refractivity contribution is -0.120. The summed E-state index contributed by atoms with van der Waals surface area (Å²) in [6.07, 6.45) is 12.9. The highest BCUT2D eigenvalue weighted by atomic mass is 35.5. The number of anilines is 2. The van der Waals surface area contributed by atoms with Gasteiger partial charge in [-0.1, -0.05) is 17.7 Å². The minimum atomic E-state index is -0.341. The molecular formula is C44H51Cl2N9O4. The summed E-state index contributed by atoms with van der Waals surface area (Å²) in [4.78, 5) is 44.0. The van der Waals surface area contributed by atoms with Crippen LogP contribution in [-0.4, -0.2) is 88.9 Å². The number of urea groups is 1. The van der Waals surface area contributed by atoms with Crippen molar-refractivity contribution in [3.8, 4) is 11.8 Å². The van der Waals surface area contributed by atoms with Gasteiger partial charge in [0.05, 0.1) is 27.9 Å². The van der Waals surface area contributed by atoms with Crippen molar-refractivity contribution in [2.24, 2.45) is 11.3 Å². The van der Waals surface area contributed by atoms with E-state index in [1.165, 1.54) is 25.7 Å². The van der Waals surface area contributed by atoms with Gasteiger partial charge < -0.3 is 24.4 Å². The summed E-state index contributed by atoms with van der Waals surface area (Å²) in [5, 5.41) is 24.9. The molecule has 59 heavy (non-hydrogen) atoms. The number of fused-ring (bicyclic) bond motifs is 1. The normalized spacial score (nSPS) is 22.6. The van der Waals surface area contributed by atoms with Crippen LogP contribution in [0.5, 0.6) is 5.75 Å². The first-order chi connectivity index (χ1) is 28.2. The Bertz CT molecular complexity index is 2210. The van der Waals surface area contributed by atoms with Gasteiger partial charge in [-0.15, -0.1) is 22.6 Å². The number of halogens is 2. The molecule has 2 saturated carbocycles. The predicted octanol–water partition coefficient (Wildman–Crippen LogP) is 7.28. The number of carbonyl (C=O) groups excluding carboxylic acids is 3. The van der Waals surface area contributed by atoms with E-state index in [4.69, 9.17) is 21.6 Å². The Morgan fingerprint density at radius 3 is 2.42 bits per heavy atom. The average Bonchev–Trinajstić information content (AvgIpc) is 3.66. The molecule has 2 aromatic heterocycles. The molecule has 0 radical (unpaired) electrons. The second-order valence-corrected chi connectivity index (χ2v) is 17.5. The van der Waals surface area contributed by atoms with Gasteiger partial charge in [-0.2, -0.15) is 5.26 Å². The number of piperidine rings is 2. The summed E-state index contributed by atoms with van der Waals surface area (Å²) in [6.45, 7) is 5.75. The van der Waals surface area contributed by atoms with Crippen molar-refractivity contribution in [1.82, 2.24) is 30.3 Å². The van der Waals surface area contributed by atoms with Gasteiger partial charge in [-0.3, -0.25) is 19.8 Å². The molecular weight excluding hydrogens is 789 g/mol. The Labute approximate surface area is 355 Å². The minimum Gasteiger partial charge on any atom is -0.490 e. The smallest absolute Gasteiger partial charge is 0.328 e. The van der Waals surface area contributed by atoms with E-state index in [0.717, 1.165) is 93.7 Å². The maximum atomic E-state index is 13.0. The van der Waals surface area contributed by atoms with Crippen molar-refractivity contribution in [3.05, 3.63) is 77.1 Å². The molecule has 1 spiro atoms. The monoisotopic (exact) mass is 839 g/mol. The van der Waals surface area contributed by atoms with E-state index in [-0.39, 0.29) is 42.4 Å². The van der Waals surface area contributed by atoms with Crippen LogP contribution in [0.4, 0.5) is 16.3 Å². The molecule has 5 fully saturated rings. The molecule has 0 unspecified atom stereocenters. The molecule has 5 aliphatic rings. The lowest BCUT2D eigenvalue weighted by atomic mass is 9.60. The zero-order valence-electron chi connectivity index (χ0n) is 33.2. The molecule has 5 heterocycles. The molecule has 15 heteroatoms. The second kappa shape index (κ2) is 17.4. The van der Waals surface area contributed by atoms with E-state index in [0.29, 0.717) is 52.4 Å². The van der Waals surface area contributed by atoms with Crippen LogP contribution >= 0.6 is 24.0 Å². The molecule has 9 rings (SSSR count). The first-order valence-electron chi connectivity index (χ1n) is 20.9. The number of rotatable bonds is 9. The van der Waals surface area contributed by atoms with Crippen LogP contribution in [0, 0.1) is 22.7 Å². The predicted molar refractivity (Wildman–Crippen MR) is 228 cm³/mol. The maximum absolute atomic E-state index is 13.0. The van der Waals surface area contributed by atoms with Crippen LogP contribution < -0.4 is 25.2 Å². The summed E-state index contributed by atoms with van der Waals surface area (Å²) in [5.41, 5.74) is 3.21. The number of carbonyl (C=O) groups is 3. The topological polar surface area (TPSA) is 149 Å². The van der Waals surface area contributed by atoms with Crippen LogP contribution in [-0.2, 0) is 4.79 Å². The SMILES string of the molecule is Cl.N#Cc1ccc(OC2CCC(NC(=O)c3ccc(N4CCC(CN5CCC6(CC5)CC(n5ccc7c(N8CCC(=O)NC8=O)cccc75)C6)CC4)nn3)CC2)cc1Cl. The van der Waals surface area contributed by atoms with Gasteiger partial charge in [0.1, 0.15) is 11.8 Å². The van der Waals surface area contributed by atoms with Gasteiger partial charge in [0.15, 0.2) is 11.5 Å². The summed E-state index contributed by atoms with van der Waals surface area (Å²) in [7, 11) is 0. The number of imide groups is 1. The number of hydrogen-bond donors (Lipinski definition) is 2. The third-order valence-electron chi connectivity index (χ3n) is 13.4. The van der Waals surface area contributed by atoms with Gasteiger partial charge in [0.2, 0.25) is 5.91 Å². The van der Waals surface area contributed by atoms with Crippen LogP contribution in [0.15, 0.2) is 60.8 Å². The van der Waals surface area contributed by atoms with E-state index >= 15 is 0 Å². The number of benzene rings is 2. The van der Waals surface area contributed by atoms with Crippen LogP contribution in [0.3, 0.4) is 0 Å². The van der Waals surface area contributed by atoms with Crippen molar-refractivity contribution in [1.29, 1.82) is 5.26 Å². The van der Waals surface area contributed by atoms with Crippen LogP contribution in [0.1, 0.15) is 92.7 Å². The molecule has 4 aromatic rings. The lowest BCUT2D eigenvalue weighted by Gasteiger charge is -2.53. The Morgan fingerprint density at radius 1 is 0.949 bits per heavy atom. The fraction of sp³-hybridized carbons (Fsp3) is 0.500. The van der Waals surface area contributed by atoms with E-state index in [1.54, 1.807) is 29.2 Å². The number of hydrogen-bond acceptors (Lipinski definition) is 9. The molecule has 3 aliphatic heterocycles. The summed E-state index contributed by atoms with van der Waals surface area (Å²) in [6, 6.07) is 19.4. The van der Waals surface area contributed by atoms with Crippen molar-refractivity contribution >= 4 is 64.3 Å². The van der Waals surface area contributed by atoms with Crippen molar-refractivity contribution in [3.63, 3.8) is 0 Å². The molecule has 3 saturated heterocycles. The molecule has 310 valence electrons. The fourth-order valence-electron chi connectivity index (χ4n) is 10.0. The lowest BCUT2D eigenvalue weighted by Crippen LogP contribution is -2.49. The Hall–Kier alpha value is -4.90. The summed E-state index contributed by atoms with van der Waals surface area (Å²) < 4.78 is 8.50. The number of amides is 4. The van der Waals surface area contributed by atoms with Gasteiger partial charge in [-0.05, 0) is 131 Å². The van der Waals surface area contributed by atoms with E-state index in [9.17, 15) is 14.4 Å².